The largest absolute Gasteiger partial charge is 0.416 e. The van der Waals surface area contributed by atoms with E-state index < -0.39 is 18.0 Å². The normalized spacial score (nSPS) is 21.0. The maximum atomic E-state index is 13.2. The van der Waals surface area contributed by atoms with Crippen LogP contribution in [0, 0.1) is 11.8 Å². The standard InChI is InChI=1S/C39H53F3N6O3/c1-10-19-46(20-18-25(3)4)35-33(11-2)47(23-32(24-49)44-31-15-13-30(14-16-31)39(40,41)42)37(45(9)36(35)51)43-26(5)28-12-17-34-29(21-28)22-38(7,8)48(34)27(6)50/h12-17,25,29,36,44,51H,5,10-11,18-23H2,1-4,6-9H3. The van der Waals surface area contributed by atoms with Gasteiger partial charge in [-0.1, -0.05) is 40.3 Å². The van der Waals surface area contributed by atoms with Gasteiger partial charge in [0.1, 0.15) is 11.6 Å². The van der Waals surface area contributed by atoms with Crippen molar-refractivity contribution < 1.29 is 27.9 Å². The number of halogens is 3. The van der Waals surface area contributed by atoms with Gasteiger partial charge >= 0.3 is 6.18 Å². The van der Waals surface area contributed by atoms with Crippen LogP contribution >= 0.6 is 0 Å². The maximum absolute atomic E-state index is 13.2. The van der Waals surface area contributed by atoms with Gasteiger partial charge in [0.2, 0.25) is 11.9 Å². The summed E-state index contributed by atoms with van der Waals surface area (Å²) in [6, 6.07) is 4.46. The highest BCUT2D eigenvalue weighted by atomic mass is 19.4. The Balaban J connectivity index is 1.77. The highest BCUT2D eigenvalue weighted by Crippen LogP contribution is 2.46. The molecule has 2 atom stereocenters. The number of fused-ring (bicyclic) bond motifs is 1. The van der Waals surface area contributed by atoms with E-state index in [1.54, 1.807) is 18.9 Å². The quantitative estimate of drug-likeness (QED) is 0.205. The van der Waals surface area contributed by atoms with Crippen LogP contribution in [0.3, 0.4) is 0 Å². The van der Waals surface area contributed by atoms with E-state index in [-0.39, 0.29) is 29.6 Å². The minimum Gasteiger partial charge on any atom is -0.370 e. The summed E-state index contributed by atoms with van der Waals surface area (Å²) in [5.41, 5.74) is 3.11. The number of carbonyl (C=O) groups excluding carboxylic acids is 2. The molecule has 0 saturated carbocycles. The van der Waals surface area contributed by atoms with Gasteiger partial charge < -0.3 is 30.0 Å². The number of benzene rings is 1. The number of nitrogens with one attached hydrogen (secondary N) is 1. The van der Waals surface area contributed by atoms with Gasteiger partial charge in [0.05, 0.1) is 23.5 Å². The summed E-state index contributed by atoms with van der Waals surface area (Å²) >= 11 is 0. The number of hydrogen-bond donors (Lipinski definition) is 2. The molecule has 1 saturated heterocycles. The number of likely N-dealkylation sites (tertiary alicyclic amines) is 1. The first-order valence-electron chi connectivity index (χ1n) is 17.8. The predicted octanol–water partition coefficient (Wildman–Crippen LogP) is 7.51. The summed E-state index contributed by atoms with van der Waals surface area (Å²) in [4.78, 5) is 37.6. The summed E-state index contributed by atoms with van der Waals surface area (Å²) in [6.07, 6.45) is 2.07. The average molecular weight is 711 g/mol. The number of aliphatic imine (C=N–C) groups is 1. The van der Waals surface area contributed by atoms with E-state index in [1.165, 1.54) is 12.1 Å². The minimum absolute atomic E-state index is 0.00210. The molecular weight excluding hydrogens is 657 g/mol. The minimum atomic E-state index is -4.49. The van der Waals surface area contributed by atoms with Crippen LogP contribution in [0.5, 0.6) is 0 Å². The van der Waals surface area contributed by atoms with E-state index in [0.29, 0.717) is 48.3 Å². The molecule has 278 valence electrons. The van der Waals surface area contributed by atoms with Crippen LogP contribution in [0.4, 0.5) is 18.9 Å². The molecule has 2 heterocycles. The Morgan fingerprint density at radius 1 is 1.18 bits per heavy atom. The molecule has 1 fully saturated rings. The van der Waals surface area contributed by atoms with Crippen molar-refractivity contribution in [2.24, 2.45) is 16.8 Å². The van der Waals surface area contributed by atoms with E-state index in [1.807, 2.05) is 34.8 Å². The molecule has 0 aromatic heterocycles. The lowest BCUT2D eigenvalue weighted by Gasteiger charge is -2.46. The average Bonchev–Trinajstić information content (AvgIpc) is 3.34. The second-order valence-electron chi connectivity index (χ2n) is 14.6. The number of allylic oxidation sites excluding steroid dienone is 5. The fourth-order valence-corrected chi connectivity index (χ4v) is 7.38. The van der Waals surface area contributed by atoms with E-state index in [2.05, 4.69) is 51.4 Å². The second-order valence-corrected chi connectivity index (χ2v) is 14.6. The fraction of sp³-hybridized carbons (Fsp3) is 0.538. The first kappa shape index (κ1) is 39.5. The van der Waals surface area contributed by atoms with Gasteiger partial charge in [0.15, 0.2) is 6.23 Å². The molecule has 2 unspecified atom stereocenters. The van der Waals surface area contributed by atoms with Crippen molar-refractivity contribution in [1.82, 2.24) is 19.6 Å². The second kappa shape index (κ2) is 15.9. The molecule has 1 aromatic carbocycles. The number of aliphatic hydroxyl groups excluding tert-OH is 1. The number of guanidine groups is 1. The lowest BCUT2D eigenvalue weighted by Crippen LogP contribution is -2.56. The SMILES string of the molecule is C=C(N=C1N(CC(=C=O)Nc2ccc(C(F)(F)F)cc2)C(CC)=C(N(CCC)CCC(C)C)C(O)N1C)C1=CC=C2C(C1)CC(C)(C)N2C(C)=O. The zero-order valence-corrected chi connectivity index (χ0v) is 31.2. The number of nitrogens with zero attached hydrogens (tertiary/aromatic N) is 5. The first-order valence-corrected chi connectivity index (χ1v) is 17.8. The number of amides is 1. The Labute approximate surface area is 300 Å². The Hall–Kier alpha value is -4.28. The third-order valence-electron chi connectivity index (χ3n) is 9.75. The molecule has 0 radical (unpaired) electrons. The summed E-state index contributed by atoms with van der Waals surface area (Å²) in [5, 5.41) is 14.9. The number of likely N-dealkylation sites (N-methyl/N-ethyl adjacent to an activating group) is 1. The predicted molar refractivity (Wildman–Crippen MR) is 195 cm³/mol. The zero-order valence-electron chi connectivity index (χ0n) is 31.2. The summed E-state index contributed by atoms with van der Waals surface area (Å²) in [6.45, 7) is 19.8. The summed E-state index contributed by atoms with van der Waals surface area (Å²) in [5.74, 6) is 2.87. The molecule has 3 aliphatic rings. The van der Waals surface area contributed by atoms with E-state index in [0.717, 1.165) is 54.9 Å². The molecule has 51 heavy (non-hydrogen) atoms. The third kappa shape index (κ3) is 8.79. The molecule has 0 bridgehead atoms. The van der Waals surface area contributed by atoms with Crippen LogP contribution in [0.1, 0.15) is 86.1 Å². The Morgan fingerprint density at radius 3 is 2.39 bits per heavy atom. The van der Waals surface area contributed by atoms with Crippen LogP contribution in [0.15, 0.2) is 82.0 Å². The van der Waals surface area contributed by atoms with Gasteiger partial charge in [-0.3, -0.25) is 4.79 Å². The number of hydrogen-bond acceptors (Lipinski definition) is 6. The van der Waals surface area contributed by atoms with Gasteiger partial charge in [-0.15, -0.1) is 0 Å². The van der Waals surface area contributed by atoms with Gasteiger partial charge in [-0.2, -0.15) is 13.2 Å². The van der Waals surface area contributed by atoms with E-state index in [9.17, 15) is 27.9 Å². The van der Waals surface area contributed by atoms with Gasteiger partial charge in [-0.05, 0) is 87.8 Å². The molecule has 2 aliphatic heterocycles. The molecule has 9 nitrogen and oxygen atoms in total. The molecule has 4 rings (SSSR count). The van der Waals surface area contributed by atoms with Crippen molar-refractivity contribution >= 4 is 23.5 Å². The highest BCUT2D eigenvalue weighted by Gasteiger charge is 2.45. The van der Waals surface area contributed by atoms with Gasteiger partial charge in [0.25, 0.3) is 0 Å². The smallest absolute Gasteiger partial charge is 0.370 e. The molecule has 2 N–H and O–H groups in total. The van der Waals surface area contributed by atoms with Crippen molar-refractivity contribution in [1.29, 1.82) is 0 Å². The van der Waals surface area contributed by atoms with E-state index in [4.69, 9.17) is 4.99 Å². The topological polar surface area (TPSA) is 91.7 Å². The molecule has 12 heteroatoms. The van der Waals surface area contributed by atoms with Crippen LogP contribution in [0.2, 0.25) is 0 Å². The number of anilines is 1. The van der Waals surface area contributed by atoms with Gasteiger partial charge in [0, 0.05) is 55.6 Å². The van der Waals surface area contributed by atoms with Crippen molar-refractivity contribution in [3.8, 4) is 0 Å². The van der Waals surface area contributed by atoms with Crippen molar-refractivity contribution in [3.63, 3.8) is 0 Å². The molecule has 0 spiro atoms. The maximum Gasteiger partial charge on any atom is 0.416 e. The Morgan fingerprint density at radius 2 is 1.84 bits per heavy atom. The van der Waals surface area contributed by atoms with Gasteiger partial charge in [-0.25, -0.2) is 9.79 Å². The van der Waals surface area contributed by atoms with Crippen LogP contribution in [0.25, 0.3) is 0 Å². The lowest BCUT2D eigenvalue weighted by atomic mass is 9.87. The Bertz CT molecular complexity index is 1650. The number of carbonyl (C=O) groups is 1. The monoisotopic (exact) mass is 710 g/mol. The van der Waals surface area contributed by atoms with Crippen molar-refractivity contribution in [2.45, 2.75) is 98.5 Å². The molecular formula is C39H53F3N6O3. The number of alkyl halides is 3. The zero-order chi connectivity index (χ0) is 37.8. The molecule has 1 amide bonds. The van der Waals surface area contributed by atoms with Crippen LogP contribution < -0.4 is 5.32 Å². The Kier molecular flexibility index (Phi) is 12.4. The van der Waals surface area contributed by atoms with Crippen molar-refractivity contribution in [2.75, 3.05) is 32.0 Å². The van der Waals surface area contributed by atoms with Crippen LogP contribution in [-0.2, 0) is 15.8 Å². The molecule has 1 aromatic rings. The number of aliphatic hydroxyl groups is 1. The fourth-order valence-electron chi connectivity index (χ4n) is 7.38. The molecule has 1 aliphatic carbocycles. The van der Waals surface area contributed by atoms with E-state index >= 15 is 0 Å². The van der Waals surface area contributed by atoms with Crippen LogP contribution in [-0.4, -0.2) is 81.0 Å². The number of rotatable bonds is 13. The first-order chi connectivity index (χ1) is 23.9. The third-order valence-corrected chi connectivity index (χ3v) is 9.75. The highest BCUT2D eigenvalue weighted by molar-refractivity contribution is 5.86. The lowest BCUT2D eigenvalue weighted by molar-refractivity contribution is -0.137. The summed E-state index contributed by atoms with van der Waals surface area (Å²) in [7, 11) is 1.74. The van der Waals surface area contributed by atoms with Crippen molar-refractivity contribution in [3.05, 3.63) is 82.6 Å². The summed E-state index contributed by atoms with van der Waals surface area (Å²) < 4.78 is 39.7.